The summed E-state index contributed by atoms with van der Waals surface area (Å²) in [5.41, 5.74) is 0. The highest BCUT2D eigenvalue weighted by atomic mass is 19.4. The number of rotatable bonds is 5. The van der Waals surface area contributed by atoms with Gasteiger partial charge in [-0.25, -0.2) is 0 Å². The Morgan fingerprint density at radius 2 is 1.36 bits per heavy atom. The van der Waals surface area contributed by atoms with Crippen LogP contribution in [0.4, 0.5) is 13.2 Å². The minimum atomic E-state index is -3.67. The maximum absolute atomic E-state index is 9.67. The number of nitrogens with zero attached hydrogens (tertiary/aromatic N) is 1. The monoisotopic (exact) mass is 214 g/mol. The van der Waals surface area contributed by atoms with E-state index in [1.165, 1.54) is 32.2 Å². The Balaban J connectivity index is 0. The van der Waals surface area contributed by atoms with Gasteiger partial charge in [0.2, 0.25) is 0 Å². The van der Waals surface area contributed by atoms with Crippen molar-refractivity contribution in [2.45, 2.75) is 39.3 Å². The molecule has 1 nitrogen and oxygen atoms in total. The zero-order chi connectivity index (χ0) is 11.6. The molecule has 0 aromatic rings. The first-order chi connectivity index (χ1) is 6.29. The number of hydrogen-bond acceptors (Lipinski definition) is 0. The van der Waals surface area contributed by atoms with Gasteiger partial charge in [-0.3, -0.25) is 0 Å². The van der Waals surface area contributed by atoms with Gasteiger partial charge in [0.15, 0.2) is 0 Å². The van der Waals surface area contributed by atoms with Gasteiger partial charge in [-0.15, -0.1) is 0 Å². The predicted octanol–water partition coefficient (Wildman–Crippen LogP) is 3.45. The van der Waals surface area contributed by atoms with Crippen molar-refractivity contribution in [3.63, 3.8) is 0 Å². The Labute approximate surface area is 85.5 Å². The first-order valence-electron chi connectivity index (χ1n) is 5.02. The summed E-state index contributed by atoms with van der Waals surface area (Å²) >= 11 is 0. The number of halogens is 3. The van der Waals surface area contributed by atoms with E-state index in [9.17, 15) is 13.2 Å². The number of alkyl halides is 3. The fraction of sp³-hybridized carbons (Fsp3) is 1.00. The molecule has 0 aliphatic carbocycles. The van der Waals surface area contributed by atoms with Gasteiger partial charge in [0.05, 0.1) is 27.7 Å². The molecule has 0 rings (SSSR count). The molecule has 0 saturated heterocycles. The van der Waals surface area contributed by atoms with Crippen LogP contribution in [0, 0.1) is 0 Å². The summed E-state index contributed by atoms with van der Waals surface area (Å²) in [4.78, 5) is 0. The molecule has 0 aliphatic rings. The molecule has 4 heteroatoms. The molecular weight excluding hydrogens is 191 g/mol. The molecule has 88 valence electrons. The van der Waals surface area contributed by atoms with Crippen LogP contribution >= 0.6 is 0 Å². The average molecular weight is 214 g/mol. The van der Waals surface area contributed by atoms with E-state index >= 15 is 0 Å². The summed E-state index contributed by atoms with van der Waals surface area (Å²) in [6, 6.07) is 0. The van der Waals surface area contributed by atoms with E-state index in [1.807, 2.05) is 0 Å². The second kappa shape index (κ2) is 9.31. The van der Waals surface area contributed by atoms with E-state index in [4.69, 9.17) is 0 Å². The van der Waals surface area contributed by atoms with E-state index in [1.54, 1.807) is 0 Å². The molecule has 0 heterocycles. The molecule has 0 saturated carbocycles. The van der Waals surface area contributed by atoms with Crippen molar-refractivity contribution in [3.05, 3.63) is 0 Å². The van der Waals surface area contributed by atoms with E-state index in [0.717, 1.165) is 4.48 Å². The van der Waals surface area contributed by atoms with E-state index in [0.29, 0.717) is 0 Å². The summed E-state index contributed by atoms with van der Waals surface area (Å²) in [6.07, 6.45) is 5.54. The molecule has 0 aromatic heterocycles. The second-order valence-corrected chi connectivity index (χ2v) is 4.32. The van der Waals surface area contributed by atoms with Crippen molar-refractivity contribution in [1.29, 1.82) is 0 Å². The molecule has 0 aromatic carbocycles. The van der Waals surface area contributed by atoms with Crippen molar-refractivity contribution in [2.24, 2.45) is 0 Å². The van der Waals surface area contributed by atoms with Gasteiger partial charge < -0.3 is 4.48 Å². The van der Waals surface area contributed by atoms with Crippen LogP contribution in [0.15, 0.2) is 0 Å². The Bertz CT molecular complexity index is 108. The van der Waals surface area contributed by atoms with Crippen molar-refractivity contribution in [1.82, 2.24) is 0 Å². The number of hydrogen-bond donors (Lipinski definition) is 0. The maximum atomic E-state index is 9.67. The molecule has 0 unspecified atom stereocenters. The SMILES string of the molecule is CCCCCC[N+](C)(C)C.FC(F)F. The lowest BCUT2D eigenvalue weighted by atomic mass is 10.2. The molecule has 0 amide bonds. The highest BCUT2D eigenvalue weighted by molar-refractivity contribution is 4.38. The van der Waals surface area contributed by atoms with E-state index in [-0.39, 0.29) is 0 Å². The van der Waals surface area contributed by atoms with Gasteiger partial charge in [-0.2, -0.15) is 13.2 Å². The van der Waals surface area contributed by atoms with Crippen LogP contribution in [-0.4, -0.2) is 38.9 Å². The highest BCUT2D eigenvalue weighted by Gasteiger charge is 2.04. The van der Waals surface area contributed by atoms with Crippen molar-refractivity contribution in [2.75, 3.05) is 27.7 Å². The summed E-state index contributed by atoms with van der Waals surface area (Å²) in [5.74, 6) is 0. The van der Waals surface area contributed by atoms with Crippen LogP contribution in [-0.2, 0) is 0 Å². The first kappa shape index (κ1) is 16.2. The van der Waals surface area contributed by atoms with Gasteiger partial charge >= 0.3 is 6.68 Å². The Morgan fingerprint density at radius 3 is 1.64 bits per heavy atom. The molecule has 0 bridgehead atoms. The number of quaternary nitrogens is 1. The molecule has 0 radical (unpaired) electrons. The molecule has 14 heavy (non-hydrogen) atoms. The lowest BCUT2D eigenvalue weighted by Gasteiger charge is -2.23. The van der Waals surface area contributed by atoms with Gasteiger partial charge in [-0.05, 0) is 12.8 Å². The van der Waals surface area contributed by atoms with E-state index < -0.39 is 6.68 Å². The van der Waals surface area contributed by atoms with Crippen molar-refractivity contribution < 1.29 is 17.7 Å². The topological polar surface area (TPSA) is 0 Å². The Kier molecular flexibility index (Phi) is 10.8. The third-order valence-corrected chi connectivity index (χ3v) is 1.68. The molecule has 0 aliphatic heterocycles. The quantitative estimate of drug-likeness (QED) is 0.485. The van der Waals surface area contributed by atoms with Gasteiger partial charge in [-0.1, -0.05) is 19.8 Å². The zero-order valence-electron chi connectivity index (χ0n) is 9.69. The molecule has 0 fully saturated rings. The summed E-state index contributed by atoms with van der Waals surface area (Å²) in [5, 5.41) is 0. The zero-order valence-corrected chi connectivity index (χ0v) is 9.69. The van der Waals surface area contributed by atoms with E-state index in [2.05, 4.69) is 28.1 Å². The largest absolute Gasteiger partial charge is 0.379 e. The first-order valence-corrected chi connectivity index (χ1v) is 5.02. The molecule has 0 N–H and O–H groups in total. The number of unbranched alkanes of at least 4 members (excludes halogenated alkanes) is 3. The fourth-order valence-electron chi connectivity index (χ4n) is 1.01. The third kappa shape index (κ3) is 29.8. The Hall–Kier alpha value is -0.250. The van der Waals surface area contributed by atoms with Crippen LogP contribution in [0.3, 0.4) is 0 Å². The molecule has 0 atom stereocenters. The van der Waals surface area contributed by atoms with Crippen LogP contribution in [0.25, 0.3) is 0 Å². The lowest BCUT2D eigenvalue weighted by Crippen LogP contribution is -2.35. The highest BCUT2D eigenvalue weighted by Crippen LogP contribution is 2.01. The fourth-order valence-corrected chi connectivity index (χ4v) is 1.01. The van der Waals surface area contributed by atoms with Crippen molar-refractivity contribution >= 4 is 0 Å². The maximum Gasteiger partial charge on any atom is 0.379 e. The third-order valence-electron chi connectivity index (χ3n) is 1.68. The summed E-state index contributed by atoms with van der Waals surface area (Å²) in [6.45, 7) is -0.0913. The van der Waals surface area contributed by atoms with Gasteiger partial charge in [0.1, 0.15) is 0 Å². The lowest BCUT2D eigenvalue weighted by molar-refractivity contribution is -0.870. The second-order valence-electron chi connectivity index (χ2n) is 4.32. The minimum Gasteiger partial charge on any atom is -0.331 e. The Morgan fingerprint density at radius 1 is 0.929 bits per heavy atom. The predicted molar refractivity (Wildman–Crippen MR) is 54.2 cm³/mol. The summed E-state index contributed by atoms with van der Waals surface area (Å²) in [7, 11) is 6.77. The van der Waals surface area contributed by atoms with Crippen molar-refractivity contribution in [3.8, 4) is 0 Å². The van der Waals surface area contributed by atoms with Crippen LogP contribution in [0.5, 0.6) is 0 Å². The summed E-state index contributed by atoms with van der Waals surface area (Å²) < 4.78 is 30.1. The molecule has 0 spiro atoms. The van der Waals surface area contributed by atoms with Crippen LogP contribution < -0.4 is 0 Å². The van der Waals surface area contributed by atoms with Gasteiger partial charge in [0, 0.05) is 0 Å². The minimum absolute atomic E-state index is 1.11. The van der Waals surface area contributed by atoms with Crippen LogP contribution in [0.1, 0.15) is 32.6 Å². The normalized spacial score (nSPS) is 11.1. The van der Waals surface area contributed by atoms with Crippen LogP contribution in [0.2, 0.25) is 0 Å². The standard InChI is InChI=1S/C9H22N.CHF3/c1-5-6-7-8-9-10(2,3)4;2-1(3)4/h5-9H2,1-4H3;1H/q+1;. The average Bonchev–Trinajstić information content (AvgIpc) is 1.95. The molecular formula is C10H23F3N+. The van der Waals surface area contributed by atoms with Gasteiger partial charge in [0.25, 0.3) is 0 Å². The smallest absolute Gasteiger partial charge is 0.331 e.